The van der Waals surface area contributed by atoms with Gasteiger partial charge in [0.25, 0.3) is 0 Å². The molecule has 3 N–H and O–H groups in total. The van der Waals surface area contributed by atoms with Crippen molar-refractivity contribution < 1.29 is 0 Å². The third-order valence-corrected chi connectivity index (χ3v) is 5.41. The Kier molecular flexibility index (Phi) is 5.78. The lowest BCUT2D eigenvalue weighted by atomic mass is 10.1. The van der Waals surface area contributed by atoms with E-state index in [2.05, 4.69) is 31.8 Å². The van der Waals surface area contributed by atoms with E-state index in [9.17, 15) is 4.79 Å². The minimum absolute atomic E-state index is 0.0234. The van der Waals surface area contributed by atoms with E-state index >= 15 is 0 Å². The molecule has 0 spiro atoms. The molecule has 0 saturated heterocycles. The molecule has 9 heteroatoms. The van der Waals surface area contributed by atoms with Crippen LogP contribution in [0.1, 0.15) is 35.2 Å². The third-order valence-electron chi connectivity index (χ3n) is 5.13. The summed E-state index contributed by atoms with van der Waals surface area (Å²) in [5.74, 6) is 6.49. The fraction of sp³-hybridized carbons (Fsp3) is 0.273. The normalized spacial score (nSPS) is 10.9. The lowest BCUT2D eigenvalue weighted by molar-refractivity contribution is 0.655. The van der Waals surface area contributed by atoms with Gasteiger partial charge < -0.3 is 19.9 Å². The van der Waals surface area contributed by atoms with E-state index in [1.165, 1.54) is 0 Å². The Morgan fingerprint density at radius 3 is 2.90 bits per heavy atom. The summed E-state index contributed by atoms with van der Waals surface area (Å²) in [6, 6.07) is 0. The zero-order valence-electron chi connectivity index (χ0n) is 17.3. The van der Waals surface area contributed by atoms with Crippen molar-refractivity contribution in [1.82, 2.24) is 29.1 Å². The van der Waals surface area contributed by atoms with Crippen LogP contribution in [0.5, 0.6) is 0 Å². The maximum atomic E-state index is 12.3. The third kappa shape index (κ3) is 4.32. The van der Waals surface area contributed by atoms with Gasteiger partial charge in [0.15, 0.2) is 5.43 Å². The number of H-pyrrole nitrogens is 1. The van der Waals surface area contributed by atoms with Crippen molar-refractivity contribution in [2.24, 2.45) is 0 Å². The maximum Gasteiger partial charge on any atom is 0.223 e. The van der Waals surface area contributed by atoms with E-state index in [0.29, 0.717) is 28.7 Å². The average Bonchev–Trinajstić information content (AvgIpc) is 3.36. The van der Waals surface area contributed by atoms with Gasteiger partial charge in [0, 0.05) is 54.6 Å². The second kappa shape index (κ2) is 8.66. The van der Waals surface area contributed by atoms with E-state index in [4.69, 9.17) is 17.3 Å². The largest absolute Gasteiger partial charge is 0.368 e. The number of nitrogens with one attached hydrogen (secondary N) is 1. The maximum absolute atomic E-state index is 12.3. The molecule has 0 amide bonds. The SMILES string of the molecule is Cc1c[nH]c(Cn2cc(C#CCCCn3ccnc3)c3c(Cl)nc(N)nc32)c(C)c1=O. The molecule has 0 aliphatic heterocycles. The summed E-state index contributed by atoms with van der Waals surface area (Å²) in [5.41, 5.74) is 9.31. The van der Waals surface area contributed by atoms with Crippen molar-refractivity contribution in [3.05, 3.63) is 68.9 Å². The quantitative estimate of drug-likeness (QED) is 0.284. The van der Waals surface area contributed by atoms with Crippen LogP contribution in [0.2, 0.25) is 5.15 Å². The van der Waals surface area contributed by atoms with Gasteiger partial charge in [-0.25, -0.2) is 9.97 Å². The van der Waals surface area contributed by atoms with Gasteiger partial charge in [0.1, 0.15) is 10.8 Å². The van der Waals surface area contributed by atoms with E-state index in [1.807, 2.05) is 28.5 Å². The molecule has 0 aliphatic carbocycles. The number of fused-ring (bicyclic) bond motifs is 1. The van der Waals surface area contributed by atoms with Crippen LogP contribution >= 0.6 is 11.6 Å². The van der Waals surface area contributed by atoms with E-state index in [0.717, 1.165) is 30.6 Å². The number of aromatic amines is 1. The molecule has 8 nitrogen and oxygen atoms in total. The predicted octanol–water partition coefficient (Wildman–Crippen LogP) is 3.05. The highest BCUT2D eigenvalue weighted by molar-refractivity contribution is 6.34. The van der Waals surface area contributed by atoms with Gasteiger partial charge in [-0.2, -0.15) is 4.98 Å². The summed E-state index contributed by atoms with van der Waals surface area (Å²) in [6.07, 6.45) is 10.7. The van der Waals surface area contributed by atoms with E-state index < -0.39 is 0 Å². The van der Waals surface area contributed by atoms with Crippen LogP contribution in [0.15, 0.2) is 35.9 Å². The smallest absolute Gasteiger partial charge is 0.223 e. The van der Waals surface area contributed by atoms with Crippen LogP contribution in [0.3, 0.4) is 0 Å². The van der Waals surface area contributed by atoms with Crippen LogP contribution in [-0.2, 0) is 13.1 Å². The number of nitrogens with zero attached hydrogens (tertiary/aromatic N) is 5. The minimum atomic E-state index is 0.0234. The molecule has 0 fully saturated rings. The topological polar surface area (TPSA) is 107 Å². The molecule has 0 aliphatic rings. The van der Waals surface area contributed by atoms with Gasteiger partial charge in [0.05, 0.1) is 23.8 Å². The Balaban J connectivity index is 1.65. The molecule has 4 rings (SSSR count). The van der Waals surface area contributed by atoms with Crippen molar-refractivity contribution in [3.63, 3.8) is 0 Å². The summed E-state index contributed by atoms with van der Waals surface area (Å²) >= 11 is 6.39. The lowest BCUT2D eigenvalue weighted by Gasteiger charge is -2.09. The summed E-state index contributed by atoms with van der Waals surface area (Å²) in [4.78, 5) is 28.0. The molecule has 0 atom stereocenters. The van der Waals surface area contributed by atoms with E-state index in [-0.39, 0.29) is 16.5 Å². The number of halogens is 1. The zero-order valence-corrected chi connectivity index (χ0v) is 18.1. The van der Waals surface area contributed by atoms with Crippen molar-refractivity contribution in [3.8, 4) is 11.8 Å². The fourth-order valence-electron chi connectivity index (χ4n) is 3.44. The second-order valence-corrected chi connectivity index (χ2v) is 7.71. The van der Waals surface area contributed by atoms with Gasteiger partial charge in [0.2, 0.25) is 5.95 Å². The monoisotopic (exact) mass is 435 g/mol. The Labute approximate surface area is 184 Å². The first kappa shape index (κ1) is 20.7. The summed E-state index contributed by atoms with van der Waals surface area (Å²) in [5, 5.41) is 0.920. The molecule has 0 saturated carbocycles. The molecule has 4 aromatic heterocycles. The number of hydrogen-bond acceptors (Lipinski definition) is 5. The van der Waals surface area contributed by atoms with Gasteiger partial charge in [-0.05, 0) is 20.3 Å². The number of aryl methyl sites for hydroxylation is 2. The number of nitrogen functional groups attached to an aromatic ring is 1. The summed E-state index contributed by atoms with van der Waals surface area (Å²) in [6.45, 7) is 4.86. The first-order valence-corrected chi connectivity index (χ1v) is 10.3. The molecular weight excluding hydrogens is 414 g/mol. The molecule has 31 heavy (non-hydrogen) atoms. The number of anilines is 1. The van der Waals surface area contributed by atoms with E-state index in [1.54, 1.807) is 25.6 Å². The molecule has 0 unspecified atom stereocenters. The van der Waals surface area contributed by atoms with Crippen molar-refractivity contribution in [2.45, 2.75) is 39.8 Å². The second-order valence-electron chi connectivity index (χ2n) is 7.35. The lowest BCUT2D eigenvalue weighted by Crippen LogP contribution is -2.15. The standard InChI is InChI=1S/C22H22ClN7O/c1-14-10-26-17(15(2)19(14)31)12-30-11-16(18-20(23)27-22(24)28-21(18)30)6-4-3-5-8-29-9-7-25-13-29/h7,9-11,13H,3,5,8,12H2,1-2H3,(H,26,31)(H2,24,27,28). The Morgan fingerprint density at radius 1 is 1.29 bits per heavy atom. The Morgan fingerprint density at radius 2 is 2.13 bits per heavy atom. The predicted molar refractivity (Wildman–Crippen MR) is 121 cm³/mol. The molecule has 158 valence electrons. The van der Waals surface area contributed by atoms with Crippen LogP contribution in [-0.4, -0.2) is 29.1 Å². The molecular formula is C22H22ClN7O. The average molecular weight is 436 g/mol. The summed E-state index contributed by atoms with van der Waals surface area (Å²) in [7, 11) is 0. The number of nitrogens with two attached hydrogens (primary N) is 1. The van der Waals surface area contributed by atoms with Crippen molar-refractivity contribution in [1.29, 1.82) is 0 Å². The molecule has 0 bridgehead atoms. The number of hydrogen-bond donors (Lipinski definition) is 2. The number of imidazole rings is 1. The first-order chi connectivity index (χ1) is 14.9. The number of unbranched alkanes of at least 4 members (excludes halogenated alkanes) is 1. The molecule has 0 radical (unpaired) electrons. The number of aromatic nitrogens is 6. The molecule has 4 aromatic rings. The first-order valence-electron chi connectivity index (χ1n) is 9.88. The van der Waals surface area contributed by atoms with Gasteiger partial charge in [-0.3, -0.25) is 4.79 Å². The minimum Gasteiger partial charge on any atom is -0.368 e. The number of rotatable bonds is 5. The molecule has 0 aromatic carbocycles. The van der Waals surface area contributed by atoms with Crippen molar-refractivity contribution >= 4 is 28.6 Å². The van der Waals surface area contributed by atoms with Crippen LogP contribution < -0.4 is 11.2 Å². The van der Waals surface area contributed by atoms with Crippen LogP contribution in [0, 0.1) is 25.7 Å². The van der Waals surface area contributed by atoms with Crippen LogP contribution in [0.4, 0.5) is 5.95 Å². The van der Waals surface area contributed by atoms with Gasteiger partial charge >= 0.3 is 0 Å². The fourth-order valence-corrected chi connectivity index (χ4v) is 3.71. The molecule has 4 heterocycles. The van der Waals surface area contributed by atoms with Gasteiger partial charge in [-0.15, -0.1) is 0 Å². The van der Waals surface area contributed by atoms with Crippen molar-refractivity contribution in [2.75, 3.05) is 5.73 Å². The highest BCUT2D eigenvalue weighted by Gasteiger charge is 2.16. The number of pyridine rings is 1. The van der Waals surface area contributed by atoms with Gasteiger partial charge in [-0.1, -0.05) is 23.4 Å². The van der Waals surface area contributed by atoms with Crippen LogP contribution in [0.25, 0.3) is 11.0 Å². The highest BCUT2D eigenvalue weighted by atomic mass is 35.5. The Bertz CT molecular complexity index is 1360. The Hall–Kier alpha value is -3.57. The zero-order chi connectivity index (χ0) is 22.0. The summed E-state index contributed by atoms with van der Waals surface area (Å²) < 4.78 is 3.91. The highest BCUT2D eigenvalue weighted by Crippen LogP contribution is 2.27.